The summed E-state index contributed by atoms with van der Waals surface area (Å²) in [6, 6.07) is 11.2. The number of hydrogen-bond acceptors (Lipinski definition) is 5. The van der Waals surface area contributed by atoms with Crippen molar-refractivity contribution in [2.24, 2.45) is 5.92 Å². The molecular formula is C20H26N4O3S. The maximum atomic E-state index is 12.9. The molecule has 8 heteroatoms. The first kappa shape index (κ1) is 20.3. The summed E-state index contributed by atoms with van der Waals surface area (Å²) in [4.78, 5) is 12.8. The predicted octanol–water partition coefficient (Wildman–Crippen LogP) is 2.35. The van der Waals surface area contributed by atoms with Gasteiger partial charge in [-0.2, -0.15) is 0 Å². The Labute approximate surface area is 165 Å². The molecule has 1 aliphatic heterocycles. The van der Waals surface area contributed by atoms with Gasteiger partial charge in [0.1, 0.15) is 0 Å². The fraction of sp³-hybridized carbons (Fsp3) is 0.350. The Balaban J connectivity index is 1.78. The van der Waals surface area contributed by atoms with Gasteiger partial charge >= 0.3 is 0 Å². The summed E-state index contributed by atoms with van der Waals surface area (Å²) in [7, 11) is -3.83. The Morgan fingerprint density at radius 3 is 1.93 bits per heavy atom. The standard InChI is InChI=1S/C20H26N4O3S/c1-12-5-13(2)8-16(7-12)22-19(25)18-11-21-23-20(18)28(26,27)24-17-9-14(3)6-15(4)10-17/h5-10,18,20-21,23-24H,11H2,1-4H3,(H,22,25). The van der Waals surface area contributed by atoms with Crippen LogP contribution in [0.3, 0.4) is 0 Å². The van der Waals surface area contributed by atoms with E-state index in [4.69, 9.17) is 0 Å². The number of carbonyl (C=O) groups excluding carboxylic acids is 1. The largest absolute Gasteiger partial charge is 0.326 e. The number of anilines is 2. The summed E-state index contributed by atoms with van der Waals surface area (Å²) >= 11 is 0. The molecule has 2 aromatic rings. The molecule has 2 unspecified atom stereocenters. The van der Waals surface area contributed by atoms with Crippen molar-refractivity contribution in [1.82, 2.24) is 10.9 Å². The summed E-state index contributed by atoms with van der Waals surface area (Å²) < 4.78 is 28.4. The molecule has 4 N–H and O–H groups in total. The smallest absolute Gasteiger partial charge is 0.250 e. The van der Waals surface area contributed by atoms with Gasteiger partial charge in [-0.25, -0.2) is 13.8 Å². The van der Waals surface area contributed by atoms with Gasteiger partial charge in [-0.05, 0) is 74.2 Å². The molecule has 2 atom stereocenters. The van der Waals surface area contributed by atoms with E-state index in [-0.39, 0.29) is 12.5 Å². The van der Waals surface area contributed by atoms with Crippen LogP contribution in [0.25, 0.3) is 0 Å². The van der Waals surface area contributed by atoms with Gasteiger partial charge in [0.2, 0.25) is 5.91 Å². The molecule has 1 aliphatic rings. The van der Waals surface area contributed by atoms with Crippen LogP contribution in [0.5, 0.6) is 0 Å². The highest BCUT2D eigenvalue weighted by atomic mass is 32.2. The molecule has 0 radical (unpaired) electrons. The highest BCUT2D eigenvalue weighted by molar-refractivity contribution is 7.93. The minimum atomic E-state index is -3.83. The molecule has 2 aromatic carbocycles. The van der Waals surface area contributed by atoms with Crippen molar-refractivity contribution in [2.75, 3.05) is 16.6 Å². The molecule has 1 heterocycles. The van der Waals surface area contributed by atoms with Gasteiger partial charge in [0.15, 0.2) is 5.37 Å². The summed E-state index contributed by atoms with van der Waals surface area (Å²) in [5, 5.41) is 1.75. The number of carbonyl (C=O) groups is 1. The summed E-state index contributed by atoms with van der Waals surface area (Å²) in [5.41, 5.74) is 10.6. The number of amides is 1. The number of aryl methyl sites for hydroxylation is 4. The van der Waals surface area contributed by atoms with E-state index in [0.29, 0.717) is 11.4 Å². The highest BCUT2D eigenvalue weighted by Gasteiger charge is 2.42. The normalized spacial score (nSPS) is 19.4. The third-order valence-electron chi connectivity index (χ3n) is 4.57. The topological polar surface area (TPSA) is 99.3 Å². The summed E-state index contributed by atoms with van der Waals surface area (Å²) in [6.45, 7) is 7.92. The number of hydrazine groups is 1. The number of hydrogen-bond donors (Lipinski definition) is 4. The minimum Gasteiger partial charge on any atom is -0.326 e. The SMILES string of the molecule is Cc1cc(C)cc(NC(=O)C2CNNC2S(=O)(=O)Nc2cc(C)cc(C)c2)c1. The molecular weight excluding hydrogens is 376 g/mol. The van der Waals surface area contributed by atoms with Crippen molar-refractivity contribution in [3.05, 3.63) is 58.7 Å². The van der Waals surface area contributed by atoms with E-state index in [1.807, 2.05) is 52.0 Å². The van der Waals surface area contributed by atoms with Crippen LogP contribution in [0.2, 0.25) is 0 Å². The Morgan fingerprint density at radius 1 is 0.893 bits per heavy atom. The number of rotatable bonds is 5. The molecule has 0 aliphatic carbocycles. The van der Waals surface area contributed by atoms with Crippen LogP contribution >= 0.6 is 0 Å². The lowest BCUT2D eigenvalue weighted by molar-refractivity contribution is -0.119. The first-order valence-corrected chi connectivity index (χ1v) is 10.7. The van der Waals surface area contributed by atoms with E-state index in [1.165, 1.54) is 0 Å². The van der Waals surface area contributed by atoms with Crippen LogP contribution in [-0.4, -0.2) is 26.2 Å². The van der Waals surface area contributed by atoms with Crippen LogP contribution < -0.4 is 20.9 Å². The quantitative estimate of drug-likeness (QED) is 0.615. The van der Waals surface area contributed by atoms with E-state index < -0.39 is 21.3 Å². The van der Waals surface area contributed by atoms with E-state index in [9.17, 15) is 13.2 Å². The second-order valence-electron chi connectivity index (χ2n) is 7.44. The minimum absolute atomic E-state index is 0.217. The molecule has 1 saturated heterocycles. The third kappa shape index (κ3) is 4.70. The first-order valence-electron chi connectivity index (χ1n) is 9.11. The molecule has 1 amide bonds. The second-order valence-corrected chi connectivity index (χ2v) is 9.24. The van der Waals surface area contributed by atoms with Crippen LogP contribution in [0.4, 0.5) is 11.4 Å². The maximum absolute atomic E-state index is 12.9. The van der Waals surface area contributed by atoms with Gasteiger partial charge in [0, 0.05) is 17.9 Å². The molecule has 0 saturated carbocycles. The van der Waals surface area contributed by atoms with E-state index in [1.54, 1.807) is 12.1 Å². The van der Waals surface area contributed by atoms with Gasteiger partial charge in [-0.15, -0.1) is 0 Å². The maximum Gasteiger partial charge on any atom is 0.250 e. The molecule has 0 spiro atoms. The fourth-order valence-corrected chi connectivity index (χ4v) is 5.01. The zero-order valence-electron chi connectivity index (χ0n) is 16.5. The first-order chi connectivity index (χ1) is 13.1. The molecule has 0 bridgehead atoms. The van der Waals surface area contributed by atoms with Crippen molar-refractivity contribution in [3.63, 3.8) is 0 Å². The number of benzene rings is 2. The monoisotopic (exact) mass is 402 g/mol. The Bertz CT molecular complexity index is 964. The summed E-state index contributed by atoms with van der Waals surface area (Å²) in [5.74, 6) is -1.12. The zero-order valence-corrected chi connectivity index (χ0v) is 17.3. The van der Waals surface area contributed by atoms with E-state index in [2.05, 4.69) is 20.9 Å². The average molecular weight is 403 g/mol. The predicted molar refractivity (Wildman–Crippen MR) is 111 cm³/mol. The zero-order chi connectivity index (χ0) is 20.5. The van der Waals surface area contributed by atoms with Crippen LogP contribution in [0, 0.1) is 33.6 Å². The van der Waals surface area contributed by atoms with Crippen molar-refractivity contribution >= 4 is 27.3 Å². The lowest BCUT2D eigenvalue weighted by Crippen LogP contribution is -2.45. The average Bonchev–Trinajstić information content (AvgIpc) is 3.02. The molecule has 3 rings (SSSR count). The van der Waals surface area contributed by atoms with Gasteiger partial charge in [-0.1, -0.05) is 12.1 Å². The lowest BCUT2D eigenvalue weighted by atomic mass is 10.1. The number of sulfonamides is 1. The van der Waals surface area contributed by atoms with Crippen molar-refractivity contribution in [1.29, 1.82) is 0 Å². The second kappa shape index (κ2) is 7.90. The van der Waals surface area contributed by atoms with Crippen molar-refractivity contribution in [2.45, 2.75) is 33.1 Å². The highest BCUT2D eigenvalue weighted by Crippen LogP contribution is 2.22. The Hall–Kier alpha value is -2.42. The van der Waals surface area contributed by atoms with Crippen LogP contribution in [0.15, 0.2) is 36.4 Å². The van der Waals surface area contributed by atoms with Gasteiger partial charge in [0.25, 0.3) is 10.0 Å². The lowest BCUT2D eigenvalue weighted by Gasteiger charge is -2.20. The van der Waals surface area contributed by atoms with Gasteiger partial charge < -0.3 is 5.32 Å². The molecule has 1 fully saturated rings. The van der Waals surface area contributed by atoms with Crippen LogP contribution in [-0.2, 0) is 14.8 Å². The summed E-state index contributed by atoms with van der Waals surface area (Å²) in [6.07, 6.45) is 0. The molecule has 28 heavy (non-hydrogen) atoms. The molecule has 0 aromatic heterocycles. The molecule has 150 valence electrons. The number of nitrogens with one attached hydrogen (secondary N) is 4. The fourth-order valence-electron chi connectivity index (χ4n) is 3.54. The Morgan fingerprint density at radius 2 is 1.39 bits per heavy atom. The van der Waals surface area contributed by atoms with Crippen molar-refractivity contribution < 1.29 is 13.2 Å². The Kier molecular flexibility index (Phi) is 5.74. The van der Waals surface area contributed by atoms with Crippen molar-refractivity contribution in [3.8, 4) is 0 Å². The van der Waals surface area contributed by atoms with Crippen LogP contribution in [0.1, 0.15) is 22.3 Å². The third-order valence-corrected chi connectivity index (χ3v) is 6.21. The van der Waals surface area contributed by atoms with Gasteiger partial charge in [-0.3, -0.25) is 14.9 Å². The molecule has 7 nitrogen and oxygen atoms in total. The van der Waals surface area contributed by atoms with Gasteiger partial charge in [0.05, 0.1) is 5.92 Å². The van der Waals surface area contributed by atoms with E-state index in [0.717, 1.165) is 22.3 Å². The van der Waals surface area contributed by atoms with E-state index >= 15 is 0 Å².